The molecule has 11 nitrogen and oxygen atoms in total. The molecule has 48 heavy (non-hydrogen) atoms. The summed E-state index contributed by atoms with van der Waals surface area (Å²) in [5.41, 5.74) is -0.437. The number of benzene rings is 1. The number of nitriles is 1. The van der Waals surface area contributed by atoms with Crippen LogP contribution in [0.25, 0.3) is 0 Å². The monoisotopic (exact) mass is 665 g/mol. The Morgan fingerprint density at radius 1 is 0.875 bits per heavy atom. The Labute approximate surface area is 272 Å². The Bertz CT molecular complexity index is 1860. The van der Waals surface area contributed by atoms with Crippen molar-refractivity contribution < 1.29 is 51.4 Å². The third kappa shape index (κ3) is 4.75. The first-order valence-corrected chi connectivity index (χ1v) is 15.1. The van der Waals surface area contributed by atoms with E-state index in [4.69, 9.17) is 14.2 Å². The van der Waals surface area contributed by atoms with Gasteiger partial charge in [-0.3, -0.25) is 29.0 Å². The summed E-state index contributed by atoms with van der Waals surface area (Å²) in [5.74, 6) is -3.31. The molecule has 0 unspecified atom stereocenters. The Hall–Kier alpha value is -4.87. The average Bonchev–Trinajstić information content (AvgIpc) is 3.05. The number of rotatable bonds is 5. The maximum absolute atomic E-state index is 13.9. The van der Waals surface area contributed by atoms with Gasteiger partial charge in [-0.1, -0.05) is 0 Å². The fraction of sp³-hybridized carbons (Fsp3) is 0.412. The van der Waals surface area contributed by atoms with Gasteiger partial charge >= 0.3 is 12.1 Å². The normalized spacial score (nSPS) is 27.9. The van der Waals surface area contributed by atoms with E-state index in [9.17, 15) is 42.4 Å². The summed E-state index contributed by atoms with van der Waals surface area (Å²) >= 11 is 0. The summed E-state index contributed by atoms with van der Waals surface area (Å²) in [6.45, 7) is 2.38. The molecule has 0 radical (unpaired) electrons. The number of esters is 1. The Balaban J connectivity index is 1.46. The van der Waals surface area contributed by atoms with Gasteiger partial charge in [0.2, 0.25) is 11.6 Å². The maximum atomic E-state index is 13.9. The van der Waals surface area contributed by atoms with Crippen molar-refractivity contribution in [2.45, 2.75) is 63.1 Å². The number of Topliss-reactive ketones (excluding diaryl/α,β-unsaturated/α-hetero) is 4. The number of hydrogen-bond donors (Lipinski definition) is 0. The third-order valence-electron chi connectivity index (χ3n) is 10.0. The second-order valence-electron chi connectivity index (χ2n) is 12.3. The molecular formula is C34H30F3N3O8. The second kappa shape index (κ2) is 11.7. The van der Waals surface area contributed by atoms with Crippen LogP contribution in [-0.2, 0) is 39.6 Å². The third-order valence-corrected chi connectivity index (χ3v) is 10.0. The number of piperazine rings is 1. The van der Waals surface area contributed by atoms with Crippen molar-refractivity contribution in [2.75, 3.05) is 27.9 Å². The van der Waals surface area contributed by atoms with Crippen LogP contribution in [0.1, 0.15) is 42.6 Å². The van der Waals surface area contributed by atoms with Crippen molar-refractivity contribution in [3.05, 3.63) is 80.3 Å². The summed E-state index contributed by atoms with van der Waals surface area (Å²) in [4.78, 5) is 71.8. The number of methoxy groups -OCH3 is 2. The Morgan fingerprint density at radius 3 is 1.92 bits per heavy atom. The molecule has 3 aliphatic heterocycles. The molecule has 0 N–H and O–H groups in total. The Morgan fingerprint density at radius 2 is 1.40 bits per heavy atom. The molecule has 0 aromatic heterocycles. The zero-order chi connectivity index (χ0) is 35.0. The number of fused-ring (bicyclic) bond motifs is 5. The number of ketones is 4. The van der Waals surface area contributed by atoms with Gasteiger partial charge in [0.1, 0.15) is 12.6 Å². The number of alkyl halides is 3. The largest absolute Gasteiger partial charge is 0.492 e. The van der Waals surface area contributed by atoms with Gasteiger partial charge in [-0.2, -0.15) is 18.4 Å². The quantitative estimate of drug-likeness (QED) is 0.338. The van der Waals surface area contributed by atoms with Crippen molar-refractivity contribution in [1.29, 1.82) is 5.26 Å². The van der Waals surface area contributed by atoms with Crippen LogP contribution in [0.4, 0.5) is 13.2 Å². The number of allylic oxidation sites excluding steroid dienone is 4. The van der Waals surface area contributed by atoms with Gasteiger partial charge in [-0.05, 0) is 58.0 Å². The molecule has 0 spiro atoms. The number of hydrogen-bond acceptors (Lipinski definition) is 11. The van der Waals surface area contributed by atoms with E-state index in [1.807, 2.05) is 4.90 Å². The number of nitrogens with zero attached hydrogens (tertiary/aromatic N) is 3. The highest BCUT2D eigenvalue weighted by atomic mass is 19.4. The van der Waals surface area contributed by atoms with Crippen molar-refractivity contribution >= 4 is 29.1 Å². The summed E-state index contributed by atoms with van der Waals surface area (Å²) < 4.78 is 55.6. The predicted octanol–water partition coefficient (Wildman–Crippen LogP) is 3.02. The van der Waals surface area contributed by atoms with Gasteiger partial charge in [-0.15, -0.1) is 0 Å². The van der Waals surface area contributed by atoms with E-state index in [0.29, 0.717) is 0 Å². The lowest BCUT2D eigenvalue weighted by Gasteiger charge is -2.60. The molecule has 1 fully saturated rings. The van der Waals surface area contributed by atoms with E-state index in [0.717, 1.165) is 24.3 Å². The number of halogens is 3. The van der Waals surface area contributed by atoms with E-state index in [1.165, 1.54) is 28.1 Å². The first-order chi connectivity index (χ1) is 22.7. The van der Waals surface area contributed by atoms with Gasteiger partial charge < -0.3 is 14.2 Å². The molecule has 5 atom stereocenters. The Kier molecular flexibility index (Phi) is 8.04. The second-order valence-corrected chi connectivity index (χ2v) is 12.3. The molecule has 5 aliphatic rings. The average molecular weight is 666 g/mol. The van der Waals surface area contributed by atoms with Gasteiger partial charge in [0.15, 0.2) is 23.1 Å². The van der Waals surface area contributed by atoms with E-state index < -0.39 is 71.9 Å². The maximum Gasteiger partial charge on any atom is 0.416 e. The molecular weight excluding hydrogens is 635 g/mol. The van der Waals surface area contributed by atoms with E-state index in [2.05, 4.69) is 6.07 Å². The highest BCUT2D eigenvalue weighted by Crippen LogP contribution is 2.49. The number of carbonyl (C=O) groups is 5. The zero-order valence-corrected chi connectivity index (χ0v) is 26.6. The molecule has 0 saturated carbocycles. The van der Waals surface area contributed by atoms with Crippen molar-refractivity contribution in [3.8, 4) is 6.07 Å². The molecule has 6 rings (SSSR count). The van der Waals surface area contributed by atoms with Gasteiger partial charge in [0.05, 0.1) is 43.5 Å². The van der Waals surface area contributed by atoms with Crippen LogP contribution in [0.5, 0.6) is 0 Å². The lowest BCUT2D eigenvalue weighted by atomic mass is 9.67. The first kappa shape index (κ1) is 33.0. The van der Waals surface area contributed by atoms with Gasteiger partial charge in [0, 0.05) is 45.5 Å². The first-order valence-electron chi connectivity index (χ1n) is 15.1. The highest BCUT2D eigenvalue weighted by Gasteiger charge is 2.60. The van der Waals surface area contributed by atoms with Crippen molar-refractivity contribution in [3.63, 3.8) is 0 Å². The van der Waals surface area contributed by atoms with Crippen LogP contribution in [0.3, 0.4) is 0 Å². The van der Waals surface area contributed by atoms with E-state index in [-0.39, 0.29) is 69.1 Å². The minimum Gasteiger partial charge on any atom is -0.492 e. The fourth-order valence-electron chi connectivity index (χ4n) is 7.81. The molecule has 0 amide bonds. The molecule has 1 aromatic rings. The summed E-state index contributed by atoms with van der Waals surface area (Å²) in [5, 5.41) is 10.6. The van der Waals surface area contributed by atoms with Crippen molar-refractivity contribution in [2.24, 2.45) is 0 Å². The molecule has 1 aromatic carbocycles. The predicted molar refractivity (Wildman–Crippen MR) is 159 cm³/mol. The van der Waals surface area contributed by atoms with E-state index in [1.54, 1.807) is 11.9 Å². The van der Waals surface area contributed by atoms with Crippen LogP contribution in [0.2, 0.25) is 0 Å². The fourth-order valence-corrected chi connectivity index (χ4v) is 7.81. The van der Waals surface area contributed by atoms with Crippen LogP contribution in [0.15, 0.2) is 69.2 Å². The molecule has 14 heteroatoms. The van der Waals surface area contributed by atoms with E-state index >= 15 is 0 Å². The zero-order valence-electron chi connectivity index (χ0n) is 26.6. The lowest BCUT2D eigenvalue weighted by Crippen LogP contribution is -2.74. The SMILES string of the molecule is COC1=C(C)C(=O)C2=C(C1=O)[C@H]1[C@@H]3CC4=C(C(=O)C(OC)=C(C)C4=O)[C@H](COC(=O)c4ccc(C(F)(F)F)cc4)N3[C@@H](C#N)[C@H](C2)N1C. The lowest BCUT2D eigenvalue weighted by molar-refractivity contribution is -0.137. The van der Waals surface area contributed by atoms with Crippen LogP contribution < -0.4 is 0 Å². The molecule has 3 heterocycles. The van der Waals surface area contributed by atoms with Crippen molar-refractivity contribution in [1.82, 2.24) is 9.80 Å². The molecule has 2 bridgehead atoms. The minimum atomic E-state index is -4.62. The van der Waals surface area contributed by atoms with Gasteiger partial charge in [-0.25, -0.2) is 4.79 Å². The smallest absolute Gasteiger partial charge is 0.416 e. The topological polar surface area (TPSA) is 143 Å². The molecule has 1 saturated heterocycles. The minimum absolute atomic E-state index is 0.0296. The number of likely N-dealkylation sites (N-methyl/N-ethyl adjacent to an activating group) is 1. The highest BCUT2D eigenvalue weighted by molar-refractivity contribution is 6.26. The van der Waals surface area contributed by atoms with Gasteiger partial charge in [0.25, 0.3) is 0 Å². The summed E-state index contributed by atoms with van der Waals surface area (Å²) in [7, 11) is 4.25. The molecule has 250 valence electrons. The standard InChI is InChI=1S/C34H30F3N3O8/c1-14-27(41)18-11-21-26-25-19(28(42)15(2)32(47-5)30(25)44)10-20(39(26)3)22(12-38)40(21)23(24(18)29(43)31(14)46-4)13-48-33(45)16-6-8-17(9-7-16)34(35,36)37/h6-9,20-23,26H,10-11,13H2,1-5H3/t20-,21-,22-,23-,26+/m0/s1. The molecule has 2 aliphatic carbocycles. The van der Waals surface area contributed by atoms with Crippen LogP contribution >= 0.6 is 0 Å². The summed E-state index contributed by atoms with van der Waals surface area (Å²) in [6, 6.07) is 1.20. The van der Waals surface area contributed by atoms with Crippen LogP contribution in [-0.4, -0.2) is 97.0 Å². The number of carbonyl (C=O) groups excluding carboxylic acids is 5. The number of ether oxygens (including phenoxy) is 3. The van der Waals surface area contributed by atoms with Crippen LogP contribution in [0, 0.1) is 11.3 Å². The summed E-state index contributed by atoms with van der Waals surface area (Å²) in [6.07, 6.45) is -4.67.